The number of nitrogens with one attached hydrogen (secondary N) is 1. The number of halogens is 3. The number of hydrogen-bond acceptors (Lipinski definition) is 8. The van der Waals surface area contributed by atoms with Crippen molar-refractivity contribution >= 4 is 28.9 Å². The Morgan fingerprint density at radius 1 is 1.19 bits per heavy atom. The van der Waals surface area contributed by atoms with Crippen molar-refractivity contribution in [2.75, 3.05) is 5.32 Å². The molecule has 0 aliphatic heterocycles. The molecule has 1 aliphatic rings. The van der Waals surface area contributed by atoms with Crippen LogP contribution in [0.2, 0.25) is 0 Å². The molecule has 0 saturated carbocycles. The Bertz CT molecular complexity index is 1340. The summed E-state index contributed by atoms with van der Waals surface area (Å²) in [6, 6.07) is 6.04. The van der Waals surface area contributed by atoms with Gasteiger partial charge in [0.2, 0.25) is 5.95 Å². The van der Waals surface area contributed by atoms with Gasteiger partial charge in [-0.1, -0.05) is 24.3 Å². The Morgan fingerprint density at radius 3 is 2.64 bits per heavy atom. The molecule has 1 unspecified atom stereocenters. The Balaban J connectivity index is 1.52. The lowest BCUT2D eigenvalue weighted by atomic mass is 9.92. The van der Waals surface area contributed by atoms with Crippen molar-refractivity contribution < 1.29 is 33.3 Å². The van der Waals surface area contributed by atoms with Crippen molar-refractivity contribution in [3.8, 4) is 10.4 Å². The van der Waals surface area contributed by atoms with Crippen LogP contribution in [-0.4, -0.2) is 42.3 Å². The van der Waals surface area contributed by atoms with E-state index in [4.69, 9.17) is 5.11 Å². The maximum Gasteiger partial charge on any atom is 0.433 e. The van der Waals surface area contributed by atoms with E-state index >= 15 is 0 Å². The van der Waals surface area contributed by atoms with Gasteiger partial charge in [0.1, 0.15) is 22.9 Å². The predicted molar refractivity (Wildman–Crippen MR) is 127 cm³/mol. The molecule has 1 aliphatic carbocycles. The van der Waals surface area contributed by atoms with E-state index < -0.39 is 36.0 Å². The number of carbonyl (C=O) groups is 1. The van der Waals surface area contributed by atoms with Crippen LogP contribution in [0.5, 0.6) is 0 Å². The lowest BCUT2D eigenvalue weighted by Crippen LogP contribution is -2.22. The lowest BCUT2D eigenvalue weighted by molar-refractivity contribution is -0.141. The number of allylic oxidation sites excluding steroid dienone is 1. The number of aliphatic carboxylic acids is 1. The van der Waals surface area contributed by atoms with Crippen molar-refractivity contribution in [3.63, 3.8) is 0 Å². The third-order valence-electron chi connectivity index (χ3n) is 5.43. The Labute approximate surface area is 207 Å². The summed E-state index contributed by atoms with van der Waals surface area (Å²) in [4.78, 5) is 23.3. The fourth-order valence-electron chi connectivity index (χ4n) is 3.62. The summed E-state index contributed by atoms with van der Waals surface area (Å²) in [6.07, 6.45) is 0.0810. The maximum atomic E-state index is 13.0. The molecule has 188 valence electrons. The van der Waals surface area contributed by atoms with Gasteiger partial charge in [0.15, 0.2) is 0 Å². The average Bonchev–Trinajstić information content (AvgIpc) is 3.33. The van der Waals surface area contributed by atoms with E-state index in [1.54, 1.807) is 18.2 Å². The second-order valence-corrected chi connectivity index (χ2v) is 9.23. The minimum atomic E-state index is -4.59. The first-order chi connectivity index (χ1) is 17.0. The van der Waals surface area contributed by atoms with E-state index in [1.807, 2.05) is 13.0 Å². The third kappa shape index (κ3) is 5.78. The van der Waals surface area contributed by atoms with Crippen LogP contribution >= 0.6 is 11.3 Å². The van der Waals surface area contributed by atoms with Gasteiger partial charge >= 0.3 is 12.1 Å². The number of aromatic nitrogens is 3. The van der Waals surface area contributed by atoms with Crippen molar-refractivity contribution in [1.29, 1.82) is 0 Å². The molecule has 36 heavy (non-hydrogen) atoms. The fraction of sp³-hybridized carbons (Fsp3) is 0.250. The minimum Gasteiger partial charge on any atom is -0.481 e. The van der Waals surface area contributed by atoms with E-state index in [9.17, 15) is 28.2 Å². The van der Waals surface area contributed by atoms with Gasteiger partial charge in [-0.05, 0) is 48.2 Å². The highest BCUT2D eigenvalue weighted by molar-refractivity contribution is 7.15. The number of carboxylic acids is 1. The molecule has 4 rings (SSSR count). The van der Waals surface area contributed by atoms with Crippen molar-refractivity contribution in [2.24, 2.45) is 5.92 Å². The van der Waals surface area contributed by atoms with E-state index in [2.05, 4.69) is 20.3 Å². The third-order valence-corrected chi connectivity index (χ3v) is 6.54. The monoisotopic (exact) mass is 518 g/mol. The topological polar surface area (TPSA) is 128 Å². The molecule has 12 heteroatoms. The molecule has 2 aromatic heterocycles. The van der Waals surface area contributed by atoms with Gasteiger partial charge in [0.05, 0.1) is 10.8 Å². The summed E-state index contributed by atoms with van der Waals surface area (Å²) >= 11 is 1.15. The lowest BCUT2D eigenvalue weighted by Gasteiger charge is -2.20. The number of thiazole rings is 1. The number of hydrogen-bond donors (Lipinski definition) is 4. The molecule has 0 saturated heterocycles. The standard InChI is InChI=1S/C24H21F3N4O4S/c1-12-8-15(10-16(9-12)30-23-28-7-6-18(31-23)24(25,26)27)17-11-29-21(36-17)20(33)19(32)13-2-4-14(5-3-13)22(34)35/h2-4,6-11,14,19-20,32-33H,5H2,1H3,(H,34,35)(H,28,30,31)/t14?,19-,20+/m1/s1. The highest BCUT2D eigenvalue weighted by Gasteiger charge is 2.33. The molecule has 8 nitrogen and oxygen atoms in total. The summed E-state index contributed by atoms with van der Waals surface area (Å²) in [5.41, 5.74) is 1.30. The van der Waals surface area contributed by atoms with Gasteiger partial charge in [-0.15, -0.1) is 11.3 Å². The molecule has 0 spiro atoms. The molecule has 0 amide bonds. The minimum absolute atomic E-state index is 0.205. The molecular formula is C24H21F3N4O4S. The number of anilines is 2. The molecule has 4 N–H and O–H groups in total. The van der Waals surface area contributed by atoms with Crippen molar-refractivity contribution in [1.82, 2.24) is 15.0 Å². The highest BCUT2D eigenvalue weighted by Crippen LogP contribution is 2.35. The molecule has 3 aromatic rings. The van der Waals surface area contributed by atoms with Crippen LogP contribution in [0.25, 0.3) is 10.4 Å². The maximum absolute atomic E-state index is 13.0. The number of aliphatic hydroxyl groups excluding tert-OH is 2. The summed E-state index contributed by atoms with van der Waals surface area (Å²) in [5.74, 6) is -1.84. The molecule has 0 bridgehead atoms. The zero-order valence-corrected chi connectivity index (χ0v) is 19.6. The SMILES string of the molecule is Cc1cc(Nc2nccc(C(F)(F)F)n2)cc(-c2cnc([C@@H](O)[C@H](O)C3=CCC(C(=O)O)C=C3)s2)c1. The molecule has 1 aromatic carbocycles. The van der Waals surface area contributed by atoms with E-state index in [0.717, 1.165) is 29.2 Å². The quantitative estimate of drug-likeness (QED) is 0.356. The highest BCUT2D eigenvalue weighted by atomic mass is 32.1. The Morgan fingerprint density at radius 2 is 1.97 bits per heavy atom. The number of carboxylic acid groups (broad SMARTS) is 1. The van der Waals surface area contributed by atoms with Gasteiger partial charge < -0.3 is 20.6 Å². The number of rotatable bonds is 7. The van der Waals surface area contributed by atoms with Gasteiger partial charge in [-0.2, -0.15) is 13.2 Å². The predicted octanol–water partition coefficient (Wildman–Crippen LogP) is 4.65. The van der Waals surface area contributed by atoms with Gasteiger partial charge in [-0.3, -0.25) is 4.79 Å². The van der Waals surface area contributed by atoms with Crippen LogP contribution in [0.3, 0.4) is 0 Å². The number of benzene rings is 1. The smallest absolute Gasteiger partial charge is 0.433 e. The zero-order valence-electron chi connectivity index (χ0n) is 18.8. The van der Waals surface area contributed by atoms with E-state index in [-0.39, 0.29) is 17.4 Å². The molecule has 0 radical (unpaired) electrons. The number of aliphatic hydroxyl groups is 2. The molecule has 2 heterocycles. The first-order valence-corrected chi connectivity index (χ1v) is 11.5. The number of alkyl halides is 3. The van der Waals surface area contributed by atoms with E-state index in [0.29, 0.717) is 21.7 Å². The first-order valence-electron chi connectivity index (χ1n) is 10.7. The summed E-state index contributed by atoms with van der Waals surface area (Å²) in [6.45, 7) is 1.81. The van der Waals surface area contributed by atoms with Gasteiger partial charge in [0.25, 0.3) is 0 Å². The summed E-state index contributed by atoms with van der Waals surface area (Å²) in [7, 11) is 0. The fourth-order valence-corrected chi connectivity index (χ4v) is 4.54. The Hall–Kier alpha value is -3.61. The van der Waals surface area contributed by atoms with Gasteiger partial charge in [0, 0.05) is 18.1 Å². The second kappa shape index (κ2) is 10.2. The average molecular weight is 519 g/mol. The van der Waals surface area contributed by atoms with Crippen molar-refractivity contribution in [2.45, 2.75) is 31.7 Å². The normalized spacial score (nSPS) is 17.4. The molecule has 3 atom stereocenters. The summed E-state index contributed by atoms with van der Waals surface area (Å²) in [5, 5.41) is 33.3. The van der Waals surface area contributed by atoms with Crippen LogP contribution in [0.1, 0.15) is 28.8 Å². The van der Waals surface area contributed by atoms with Crippen LogP contribution < -0.4 is 5.32 Å². The number of nitrogens with zero attached hydrogens (tertiary/aromatic N) is 3. The first kappa shape index (κ1) is 25.5. The van der Waals surface area contributed by atoms with Crippen LogP contribution in [-0.2, 0) is 11.0 Å². The van der Waals surface area contributed by atoms with Crippen LogP contribution in [0.4, 0.5) is 24.8 Å². The van der Waals surface area contributed by atoms with E-state index in [1.165, 1.54) is 18.3 Å². The summed E-state index contributed by atoms with van der Waals surface area (Å²) < 4.78 is 38.9. The second-order valence-electron chi connectivity index (χ2n) is 8.17. The van der Waals surface area contributed by atoms with Crippen LogP contribution in [0, 0.1) is 12.8 Å². The largest absolute Gasteiger partial charge is 0.481 e. The Kier molecular flexibility index (Phi) is 7.20. The van der Waals surface area contributed by atoms with Crippen molar-refractivity contribution in [3.05, 3.63) is 76.7 Å². The zero-order chi connectivity index (χ0) is 26.0. The van der Waals surface area contributed by atoms with Gasteiger partial charge in [-0.25, -0.2) is 15.0 Å². The van der Waals surface area contributed by atoms with Crippen LogP contribution in [0.15, 0.2) is 60.5 Å². The molecular weight excluding hydrogens is 497 g/mol. The number of aryl methyl sites for hydroxylation is 1. The molecule has 0 fully saturated rings.